The van der Waals surface area contributed by atoms with Gasteiger partial charge in [-0.15, -0.1) is 0 Å². The molecule has 0 aliphatic carbocycles. The number of hydrogen-bond acceptors (Lipinski definition) is 3. The summed E-state index contributed by atoms with van der Waals surface area (Å²) in [7, 11) is -3.61. The summed E-state index contributed by atoms with van der Waals surface area (Å²) in [6.07, 6.45) is 4.32. The van der Waals surface area contributed by atoms with Crippen molar-refractivity contribution in [2.75, 3.05) is 0 Å². The fourth-order valence-corrected chi connectivity index (χ4v) is 4.18. The molecule has 0 saturated heterocycles. The highest BCUT2D eigenvalue weighted by molar-refractivity contribution is 7.91. The Bertz CT molecular complexity index is 893. The van der Waals surface area contributed by atoms with E-state index in [1.165, 1.54) is 24.3 Å². The van der Waals surface area contributed by atoms with Crippen molar-refractivity contribution in [3.05, 3.63) is 60.4 Å². The van der Waals surface area contributed by atoms with Crippen molar-refractivity contribution in [1.82, 2.24) is 4.40 Å². The number of aromatic hydroxyl groups is 1. The van der Waals surface area contributed by atoms with Crippen molar-refractivity contribution >= 4 is 15.4 Å². The summed E-state index contributed by atoms with van der Waals surface area (Å²) in [5.41, 5.74) is 1.46. The van der Waals surface area contributed by atoms with Crippen LogP contribution in [0.25, 0.3) is 5.52 Å². The average molecular weight is 301 g/mol. The third-order valence-corrected chi connectivity index (χ3v) is 5.41. The molecular weight excluding hydrogens is 286 g/mol. The molecule has 0 radical (unpaired) electrons. The van der Waals surface area contributed by atoms with Gasteiger partial charge in [-0.2, -0.15) is 0 Å². The lowest BCUT2D eigenvalue weighted by molar-refractivity contribution is 0.475. The molecule has 5 heteroatoms. The zero-order valence-electron chi connectivity index (χ0n) is 11.5. The first-order valence-electron chi connectivity index (χ1n) is 6.66. The number of fused-ring (bicyclic) bond motifs is 1. The van der Waals surface area contributed by atoms with Gasteiger partial charge >= 0.3 is 0 Å². The maximum atomic E-state index is 12.9. The zero-order chi connectivity index (χ0) is 15.0. The maximum absolute atomic E-state index is 12.9. The molecule has 21 heavy (non-hydrogen) atoms. The van der Waals surface area contributed by atoms with Crippen LogP contribution >= 0.6 is 0 Å². The van der Waals surface area contributed by atoms with Gasteiger partial charge < -0.3 is 9.51 Å². The van der Waals surface area contributed by atoms with Gasteiger partial charge in [0.15, 0.2) is 0 Å². The first-order chi connectivity index (χ1) is 10.0. The third-order valence-electron chi connectivity index (χ3n) is 3.51. The number of nitrogens with zero attached hydrogens (tertiary/aromatic N) is 1. The second-order valence-electron chi connectivity index (χ2n) is 4.83. The Hall–Kier alpha value is -2.27. The van der Waals surface area contributed by atoms with E-state index in [0.717, 1.165) is 5.56 Å². The maximum Gasteiger partial charge on any atom is 0.208 e. The highest BCUT2D eigenvalue weighted by atomic mass is 32.2. The molecular formula is C16H15NO3S. The lowest BCUT2D eigenvalue weighted by Gasteiger charge is -2.06. The van der Waals surface area contributed by atoms with Crippen molar-refractivity contribution in [3.8, 4) is 5.75 Å². The number of hydrogen-bond donors (Lipinski definition) is 1. The summed E-state index contributed by atoms with van der Waals surface area (Å²) in [4.78, 5) is 0.531. The summed E-state index contributed by atoms with van der Waals surface area (Å²) in [5.74, 6) is 0.0476. The molecule has 1 aromatic carbocycles. The van der Waals surface area contributed by atoms with Crippen LogP contribution in [0.4, 0.5) is 0 Å². The molecule has 3 rings (SSSR count). The Kier molecular flexibility index (Phi) is 3.22. The summed E-state index contributed by atoms with van der Waals surface area (Å²) < 4.78 is 27.6. The average Bonchev–Trinajstić information content (AvgIpc) is 2.87. The van der Waals surface area contributed by atoms with E-state index in [2.05, 4.69) is 0 Å². The van der Waals surface area contributed by atoms with E-state index in [-0.39, 0.29) is 10.6 Å². The number of phenols is 1. The molecule has 1 N–H and O–H groups in total. The lowest BCUT2D eigenvalue weighted by Crippen LogP contribution is -2.04. The van der Waals surface area contributed by atoms with Gasteiger partial charge in [-0.1, -0.05) is 13.0 Å². The molecule has 2 heterocycles. The quantitative estimate of drug-likeness (QED) is 0.809. The van der Waals surface area contributed by atoms with Crippen molar-refractivity contribution in [2.24, 2.45) is 0 Å². The highest BCUT2D eigenvalue weighted by Crippen LogP contribution is 2.30. The Morgan fingerprint density at radius 3 is 2.48 bits per heavy atom. The van der Waals surface area contributed by atoms with Gasteiger partial charge in [-0.3, -0.25) is 0 Å². The fraction of sp³-hybridized carbons (Fsp3) is 0.125. The molecule has 0 atom stereocenters. The first kappa shape index (κ1) is 13.7. The highest BCUT2D eigenvalue weighted by Gasteiger charge is 2.25. The molecule has 0 unspecified atom stereocenters. The molecule has 4 nitrogen and oxygen atoms in total. The van der Waals surface area contributed by atoms with Crippen molar-refractivity contribution in [1.29, 1.82) is 0 Å². The first-order valence-corrected chi connectivity index (χ1v) is 8.15. The van der Waals surface area contributed by atoms with Crippen LogP contribution in [0.15, 0.2) is 64.6 Å². The molecule has 0 aliphatic rings. The molecule has 0 fully saturated rings. The monoisotopic (exact) mass is 301 g/mol. The predicted octanol–water partition coefficient (Wildman–Crippen LogP) is 3.04. The summed E-state index contributed by atoms with van der Waals surface area (Å²) in [5, 5.41) is 9.33. The van der Waals surface area contributed by atoms with Crippen molar-refractivity contribution < 1.29 is 13.5 Å². The van der Waals surface area contributed by atoms with E-state index in [1.54, 1.807) is 6.07 Å². The lowest BCUT2D eigenvalue weighted by atomic mass is 10.2. The molecule has 108 valence electrons. The SMILES string of the molecule is CCc1cn2ccccc2c1S(=O)(=O)c1ccc(O)cc1. The van der Waals surface area contributed by atoms with Crippen LogP contribution < -0.4 is 0 Å². The van der Waals surface area contributed by atoms with E-state index in [9.17, 15) is 13.5 Å². The molecule has 0 aliphatic heterocycles. The van der Waals surface area contributed by atoms with Gasteiger partial charge in [-0.25, -0.2) is 8.42 Å². The number of aromatic nitrogens is 1. The molecule has 0 spiro atoms. The smallest absolute Gasteiger partial charge is 0.208 e. The molecule has 0 saturated carbocycles. The Morgan fingerprint density at radius 1 is 1.10 bits per heavy atom. The summed E-state index contributed by atoms with van der Waals surface area (Å²) in [6.45, 7) is 1.94. The van der Waals surface area contributed by atoms with E-state index in [4.69, 9.17) is 0 Å². The number of benzene rings is 1. The Morgan fingerprint density at radius 2 is 1.81 bits per heavy atom. The van der Waals surface area contributed by atoms with Crippen molar-refractivity contribution in [3.63, 3.8) is 0 Å². The van der Waals surface area contributed by atoms with Crippen LogP contribution in [0.5, 0.6) is 5.75 Å². The minimum absolute atomic E-state index is 0.0476. The van der Waals surface area contributed by atoms with Crippen LogP contribution in [0.1, 0.15) is 12.5 Å². The number of rotatable bonds is 3. The second-order valence-corrected chi connectivity index (χ2v) is 6.71. The topological polar surface area (TPSA) is 58.8 Å². The number of pyridine rings is 1. The van der Waals surface area contributed by atoms with Crippen LogP contribution in [-0.4, -0.2) is 17.9 Å². The number of aryl methyl sites for hydroxylation is 1. The molecule has 0 bridgehead atoms. The summed E-state index contributed by atoms with van der Waals surface area (Å²) >= 11 is 0. The molecule has 0 amide bonds. The normalized spacial score (nSPS) is 11.9. The van der Waals surface area contributed by atoms with E-state index in [0.29, 0.717) is 16.8 Å². The second kappa shape index (κ2) is 4.93. The van der Waals surface area contributed by atoms with Gasteiger partial charge in [-0.05, 0) is 48.4 Å². The number of phenolic OH excluding ortho intramolecular Hbond substituents is 1. The minimum Gasteiger partial charge on any atom is -0.508 e. The Labute approximate surface area is 123 Å². The minimum atomic E-state index is -3.61. The van der Waals surface area contributed by atoms with Gasteiger partial charge in [0.05, 0.1) is 10.4 Å². The largest absolute Gasteiger partial charge is 0.508 e. The molecule has 3 aromatic rings. The summed E-state index contributed by atoms with van der Waals surface area (Å²) in [6, 6.07) is 11.1. The standard InChI is InChI=1S/C16H15NO3S/c1-2-12-11-17-10-4-3-5-15(17)16(12)21(19,20)14-8-6-13(18)7-9-14/h3-11,18H,2H2,1H3. The van der Waals surface area contributed by atoms with Gasteiger partial charge in [0, 0.05) is 12.4 Å². The van der Waals surface area contributed by atoms with E-state index < -0.39 is 9.84 Å². The Balaban J connectivity index is 2.30. The van der Waals surface area contributed by atoms with Gasteiger partial charge in [0.1, 0.15) is 10.6 Å². The van der Waals surface area contributed by atoms with Crippen LogP contribution in [0.3, 0.4) is 0 Å². The molecule has 2 aromatic heterocycles. The van der Waals surface area contributed by atoms with Crippen LogP contribution in [-0.2, 0) is 16.3 Å². The van der Waals surface area contributed by atoms with Crippen LogP contribution in [0.2, 0.25) is 0 Å². The van der Waals surface area contributed by atoms with Gasteiger partial charge in [0.2, 0.25) is 9.84 Å². The van der Waals surface area contributed by atoms with Gasteiger partial charge in [0.25, 0.3) is 0 Å². The zero-order valence-corrected chi connectivity index (χ0v) is 12.3. The van der Waals surface area contributed by atoms with Crippen LogP contribution in [0, 0.1) is 0 Å². The fourth-order valence-electron chi connectivity index (χ4n) is 2.46. The van der Waals surface area contributed by atoms with Crippen molar-refractivity contribution in [2.45, 2.75) is 23.1 Å². The number of sulfone groups is 1. The third kappa shape index (κ3) is 2.19. The van der Waals surface area contributed by atoms with E-state index >= 15 is 0 Å². The predicted molar refractivity (Wildman–Crippen MR) is 80.3 cm³/mol. The van der Waals surface area contributed by atoms with E-state index in [1.807, 2.05) is 35.9 Å².